The van der Waals surface area contributed by atoms with Crippen molar-refractivity contribution in [2.45, 2.75) is 0 Å². The molecule has 0 radical (unpaired) electrons. The third-order valence-electron chi connectivity index (χ3n) is 2.01. The largest absolute Gasteiger partial charge is 0.354 e. The zero-order valence-corrected chi connectivity index (χ0v) is 11.0. The number of anilines is 1. The smallest absolute Gasteiger partial charge is 0.185 e. The molecule has 0 saturated heterocycles. The number of nitrogens with zero attached hydrogens (tertiary/aromatic N) is 2. The van der Waals surface area contributed by atoms with Crippen molar-refractivity contribution in [3.63, 3.8) is 0 Å². The Morgan fingerprint density at radius 2 is 1.87 bits per heavy atom. The number of hydrogen-bond donors (Lipinski definition) is 0. The molecule has 0 aliphatic carbocycles. The van der Waals surface area contributed by atoms with Crippen molar-refractivity contribution in [2.24, 2.45) is 0 Å². The third-order valence-corrected chi connectivity index (χ3v) is 3.55. The molecule has 78 valence electrons. The average Bonchev–Trinajstić information content (AvgIpc) is 2.68. The molecule has 0 amide bonds. The molecule has 0 N–H and O–H groups in total. The lowest BCUT2D eigenvalue weighted by Gasteiger charge is -2.05. The maximum atomic E-state index is 4.54. The van der Waals surface area contributed by atoms with Gasteiger partial charge in [0.05, 0.1) is 5.69 Å². The van der Waals surface area contributed by atoms with Crippen LogP contribution in [0.2, 0.25) is 0 Å². The number of halogens is 1. The summed E-state index contributed by atoms with van der Waals surface area (Å²) >= 11 is 5.08. The summed E-state index contributed by atoms with van der Waals surface area (Å²) < 4.78 is 1.09. The maximum Gasteiger partial charge on any atom is 0.185 e. The third kappa shape index (κ3) is 2.38. The zero-order valence-electron chi connectivity index (χ0n) is 8.57. The second-order valence-electron chi connectivity index (χ2n) is 3.42. The Morgan fingerprint density at radius 3 is 2.40 bits per heavy atom. The molecular formula is C11H11BrN2S. The van der Waals surface area contributed by atoms with Gasteiger partial charge in [-0.25, -0.2) is 4.98 Å². The highest BCUT2D eigenvalue weighted by molar-refractivity contribution is 9.10. The quantitative estimate of drug-likeness (QED) is 0.836. The lowest BCUT2D eigenvalue weighted by molar-refractivity contribution is 1.11. The van der Waals surface area contributed by atoms with Gasteiger partial charge in [-0.2, -0.15) is 0 Å². The van der Waals surface area contributed by atoms with E-state index in [1.165, 1.54) is 0 Å². The molecule has 0 bridgehead atoms. The van der Waals surface area contributed by atoms with E-state index < -0.39 is 0 Å². The van der Waals surface area contributed by atoms with Crippen molar-refractivity contribution in [3.05, 3.63) is 34.1 Å². The van der Waals surface area contributed by atoms with Crippen LogP contribution in [-0.4, -0.2) is 19.1 Å². The van der Waals surface area contributed by atoms with Crippen LogP contribution in [0.4, 0.5) is 5.13 Å². The molecule has 0 fully saturated rings. The second-order valence-corrected chi connectivity index (χ2v) is 5.17. The molecule has 0 spiro atoms. The maximum absolute atomic E-state index is 4.54. The van der Waals surface area contributed by atoms with E-state index in [9.17, 15) is 0 Å². The van der Waals surface area contributed by atoms with Gasteiger partial charge in [-0.05, 0) is 12.1 Å². The molecule has 1 heterocycles. The van der Waals surface area contributed by atoms with Crippen LogP contribution in [0, 0.1) is 0 Å². The molecule has 1 aromatic heterocycles. The summed E-state index contributed by atoms with van der Waals surface area (Å²) in [6.07, 6.45) is 0. The van der Waals surface area contributed by atoms with Crippen molar-refractivity contribution in [3.8, 4) is 11.3 Å². The van der Waals surface area contributed by atoms with Crippen LogP contribution in [0.3, 0.4) is 0 Å². The summed E-state index contributed by atoms with van der Waals surface area (Å²) in [5.41, 5.74) is 2.19. The standard InChI is InChI=1S/C11H11BrN2S/c1-14(2)11-13-10(7-15-11)8-3-5-9(12)6-4-8/h3-7H,1-2H3. The summed E-state index contributed by atoms with van der Waals surface area (Å²) in [4.78, 5) is 6.56. The lowest BCUT2D eigenvalue weighted by Crippen LogP contribution is -2.07. The van der Waals surface area contributed by atoms with Crippen molar-refractivity contribution >= 4 is 32.4 Å². The van der Waals surface area contributed by atoms with Gasteiger partial charge in [0.2, 0.25) is 0 Å². The second kappa shape index (κ2) is 4.33. The van der Waals surface area contributed by atoms with Crippen LogP contribution < -0.4 is 4.90 Å². The van der Waals surface area contributed by atoms with Gasteiger partial charge in [0.1, 0.15) is 0 Å². The Balaban J connectivity index is 2.33. The van der Waals surface area contributed by atoms with Gasteiger partial charge >= 0.3 is 0 Å². The number of aromatic nitrogens is 1. The predicted octanol–water partition coefficient (Wildman–Crippen LogP) is 3.64. The summed E-state index contributed by atoms with van der Waals surface area (Å²) in [5.74, 6) is 0. The Morgan fingerprint density at radius 1 is 1.20 bits per heavy atom. The molecule has 2 nitrogen and oxygen atoms in total. The molecule has 15 heavy (non-hydrogen) atoms. The topological polar surface area (TPSA) is 16.1 Å². The highest BCUT2D eigenvalue weighted by Gasteiger charge is 2.05. The van der Waals surface area contributed by atoms with Crippen LogP contribution in [0.15, 0.2) is 34.1 Å². The number of benzene rings is 1. The first kappa shape index (κ1) is 10.6. The molecule has 1 aromatic carbocycles. The molecule has 4 heteroatoms. The Bertz CT molecular complexity index is 448. The SMILES string of the molecule is CN(C)c1nc(-c2ccc(Br)cc2)cs1. The average molecular weight is 283 g/mol. The van der Waals surface area contributed by atoms with Crippen molar-refractivity contribution in [1.29, 1.82) is 0 Å². The first-order valence-corrected chi connectivity index (χ1v) is 6.23. The van der Waals surface area contributed by atoms with E-state index >= 15 is 0 Å². The summed E-state index contributed by atoms with van der Waals surface area (Å²) in [6, 6.07) is 8.20. The van der Waals surface area contributed by atoms with Gasteiger partial charge in [-0.15, -0.1) is 11.3 Å². The lowest BCUT2D eigenvalue weighted by atomic mass is 10.2. The predicted molar refractivity (Wildman–Crippen MR) is 69.6 cm³/mol. The van der Waals surface area contributed by atoms with Crippen LogP contribution in [0.1, 0.15) is 0 Å². The van der Waals surface area contributed by atoms with E-state index in [0.717, 1.165) is 20.9 Å². The molecular weight excluding hydrogens is 272 g/mol. The van der Waals surface area contributed by atoms with Gasteiger partial charge in [0.25, 0.3) is 0 Å². The van der Waals surface area contributed by atoms with Gasteiger partial charge in [-0.1, -0.05) is 28.1 Å². The zero-order chi connectivity index (χ0) is 10.8. The minimum Gasteiger partial charge on any atom is -0.354 e. The van der Waals surface area contributed by atoms with Crippen molar-refractivity contribution in [1.82, 2.24) is 4.98 Å². The molecule has 0 unspecified atom stereocenters. The Kier molecular flexibility index (Phi) is 3.07. The minimum absolute atomic E-state index is 1.04. The summed E-state index contributed by atoms with van der Waals surface area (Å²) in [7, 11) is 4.01. The van der Waals surface area contributed by atoms with Crippen LogP contribution in [0.5, 0.6) is 0 Å². The van der Waals surface area contributed by atoms with Crippen LogP contribution in [-0.2, 0) is 0 Å². The highest BCUT2D eigenvalue weighted by atomic mass is 79.9. The van der Waals surface area contributed by atoms with E-state index in [0.29, 0.717) is 0 Å². The van der Waals surface area contributed by atoms with Gasteiger partial charge < -0.3 is 4.90 Å². The van der Waals surface area contributed by atoms with Crippen molar-refractivity contribution in [2.75, 3.05) is 19.0 Å². The monoisotopic (exact) mass is 282 g/mol. The molecule has 0 aliphatic rings. The van der Waals surface area contributed by atoms with Gasteiger partial charge in [0.15, 0.2) is 5.13 Å². The molecule has 0 aliphatic heterocycles. The minimum atomic E-state index is 1.04. The fraction of sp³-hybridized carbons (Fsp3) is 0.182. The summed E-state index contributed by atoms with van der Waals surface area (Å²) in [6.45, 7) is 0. The highest BCUT2D eigenvalue weighted by Crippen LogP contribution is 2.26. The number of hydrogen-bond acceptors (Lipinski definition) is 3. The molecule has 2 aromatic rings. The van der Waals surface area contributed by atoms with E-state index in [-0.39, 0.29) is 0 Å². The van der Waals surface area contributed by atoms with E-state index in [2.05, 4.69) is 38.4 Å². The summed E-state index contributed by atoms with van der Waals surface area (Å²) in [5, 5.41) is 3.12. The van der Waals surface area contributed by atoms with E-state index in [1.807, 2.05) is 31.1 Å². The molecule has 0 atom stereocenters. The van der Waals surface area contributed by atoms with E-state index in [4.69, 9.17) is 0 Å². The first-order chi connectivity index (χ1) is 7.16. The van der Waals surface area contributed by atoms with Crippen LogP contribution >= 0.6 is 27.3 Å². The van der Waals surface area contributed by atoms with Gasteiger partial charge in [-0.3, -0.25) is 0 Å². The number of rotatable bonds is 2. The van der Waals surface area contributed by atoms with Crippen molar-refractivity contribution < 1.29 is 0 Å². The molecule has 0 saturated carbocycles. The fourth-order valence-electron chi connectivity index (χ4n) is 1.22. The Labute approximate surface area is 102 Å². The first-order valence-electron chi connectivity index (χ1n) is 4.55. The van der Waals surface area contributed by atoms with Crippen LogP contribution in [0.25, 0.3) is 11.3 Å². The molecule has 2 rings (SSSR count). The van der Waals surface area contributed by atoms with E-state index in [1.54, 1.807) is 11.3 Å². The van der Waals surface area contributed by atoms with Gasteiger partial charge in [0, 0.05) is 29.5 Å². The Hall–Kier alpha value is -0.870. The fourth-order valence-corrected chi connectivity index (χ4v) is 2.25. The number of thiazole rings is 1. The normalized spacial score (nSPS) is 10.3.